The molecule has 2 rings (SSSR count). The van der Waals surface area contributed by atoms with Crippen LogP contribution in [0.2, 0.25) is 0 Å². The van der Waals surface area contributed by atoms with Crippen LogP contribution in [0, 0.1) is 0 Å². The lowest BCUT2D eigenvalue weighted by atomic mass is 10.1. The van der Waals surface area contributed by atoms with Crippen molar-refractivity contribution >= 4 is 29.9 Å². The molecule has 3 N–H and O–H groups in total. The number of ether oxygens (including phenoxy) is 1. The highest BCUT2D eigenvalue weighted by molar-refractivity contribution is 14.0. The molecule has 1 aromatic rings. The van der Waals surface area contributed by atoms with Gasteiger partial charge in [-0.25, -0.2) is 9.98 Å². The fourth-order valence-corrected chi connectivity index (χ4v) is 2.63. The van der Waals surface area contributed by atoms with E-state index in [0.717, 1.165) is 25.1 Å². The van der Waals surface area contributed by atoms with Crippen LogP contribution in [0.15, 0.2) is 23.3 Å². The zero-order valence-electron chi connectivity index (χ0n) is 13.9. The molecule has 5 nitrogen and oxygen atoms in total. The molecule has 1 saturated carbocycles. The molecule has 1 heterocycles. The highest BCUT2D eigenvalue weighted by atomic mass is 127. The Morgan fingerprint density at radius 1 is 1.24 bits per heavy atom. The lowest BCUT2D eigenvalue weighted by Crippen LogP contribution is -2.40. The monoisotopic (exact) mass is 472 g/mol. The van der Waals surface area contributed by atoms with Crippen LogP contribution in [0.25, 0.3) is 0 Å². The Morgan fingerprint density at radius 2 is 1.92 bits per heavy atom. The molecule has 1 aliphatic rings. The molecule has 0 amide bonds. The number of aliphatic imine (C=N–C) groups is 1. The van der Waals surface area contributed by atoms with E-state index in [-0.39, 0.29) is 36.5 Å². The first-order valence-corrected chi connectivity index (χ1v) is 8.17. The number of alkyl halides is 3. The summed E-state index contributed by atoms with van der Waals surface area (Å²) in [5, 5.41) is 3.21. The van der Waals surface area contributed by atoms with E-state index >= 15 is 0 Å². The van der Waals surface area contributed by atoms with Gasteiger partial charge < -0.3 is 15.8 Å². The molecule has 0 atom stereocenters. The summed E-state index contributed by atoms with van der Waals surface area (Å²) in [4.78, 5) is 7.80. The topological polar surface area (TPSA) is 72.5 Å². The molecule has 0 radical (unpaired) electrons. The van der Waals surface area contributed by atoms with Gasteiger partial charge in [0.25, 0.3) is 0 Å². The maximum Gasteiger partial charge on any atom is 0.417 e. The van der Waals surface area contributed by atoms with Gasteiger partial charge in [0, 0.05) is 18.3 Å². The van der Waals surface area contributed by atoms with Crippen LogP contribution in [0.1, 0.15) is 44.1 Å². The van der Waals surface area contributed by atoms with Crippen LogP contribution >= 0.6 is 24.0 Å². The molecule has 0 spiro atoms. The second kappa shape index (κ2) is 10.7. The summed E-state index contributed by atoms with van der Waals surface area (Å²) in [7, 11) is 0. The molecule has 142 valence electrons. The van der Waals surface area contributed by atoms with Crippen molar-refractivity contribution in [3.63, 3.8) is 0 Å². The minimum Gasteiger partial charge on any atom is -0.476 e. The zero-order chi connectivity index (χ0) is 17.4. The summed E-state index contributed by atoms with van der Waals surface area (Å²) in [5.74, 6) is 0.513. The first kappa shape index (κ1) is 21.8. The number of rotatable bonds is 5. The minimum absolute atomic E-state index is 0. The molecule has 0 aliphatic heterocycles. The normalized spacial score (nSPS) is 16.7. The minimum atomic E-state index is -4.39. The van der Waals surface area contributed by atoms with Gasteiger partial charge in [0.15, 0.2) is 5.96 Å². The van der Waals surface area contributed by atoms with Crippen molar-refractivity contribution in [2.45, 2.75) is 50.7 Å². The Balaban J connectivity index is 0.00000312. The van der Waals surface area contributed by atoms with Crippen molar-refractivity contribution in [2.24, 2.45) is 10.7 Å². The Morgan fingerprint density at radius 3 is 2.48 bits per heavy atom. The predicted molar refractivity (Wildman–Crippen MR) is 101 cm³/mol. The van der Waals surface area contributed by atoms with Crippen LogP contribution in [0.3, 0.4) is 0 Å². The van der Waals surface area contributed by atoms with Crippen LogP contribution in [0.4, 0.5) is 13.2 Å². The quantitative estimate of drug-likeness (QED) is 0.225. The molecular weight excluding hydrogens is 448 g/mol. The molecule has 9 heteroatoms. The van der Waals surface area contributed by atoms with Crippen LogP contribution in [0.5, 0.6) is 5.88 Å². The third-order valence-electron chi connectivity index (χ3n) is 3.89. The molecule has 1 fully saturated rings. The van der Waals surface area contributed by atoms with E-state index in [1.54, 1.807) is 0 Å². The molecule has 1 aliphatic carbocycles. The van der Waals surface area contributed by atoms with E-state index in [4.69, 9.17) is 10.5 Å². The first-order valence-electron chi connectivity index (χ1n) is 8.17. The van der Waals surface area contributed by atoms with Gasteiger partial charge in [-0.2, -0.15) is 13.2 Å². The average Bonchev–Trinajstić information content (AvgIpc) is 2.80. The Kier molecular flexibility index (Phi) is 9.30. The second-order valence-electron chi connectivity index (χ2n) is 5.83. The highest BCUT2D eigenvalue weighted by Crippen LogP contribution is 2.29. The fraction of sp³-hybridized carbons (Fsp3) is 0.625. The number of hydrogen-bond acceptors (Lipinski definition) is 3. The molecule has 0 bridgehead atoms. The standard InChI is InChI=1S/C16H23F3N4O.HI/c17-16(18,19)12-7-8-14(22-11-12)24-10-9-21-15(20)23-13-5-3-1-2-4-6-13;/h7-8,11,13H,1-6,9-10H2,(H3,20,21,23);1H. The number of hydrogen-bond donors (Lipinski definition) is 2. The van der Waals surface area contributed by atoms with E-state index in [0.29, 0.717) is 18.5 Å². The van der Waals surface area contributed by atoms with Gasteiger partial charge >= 0.3 is 6.18 Å². The molecular formula is C16H24F3IN4O. The number of guanidine groups is 1. The lowest BCUT2D eigenvalue weighted by molar-refractivity contribution is -0.137. The van der Waals surface area contributed by atoms with Crippen LogP contribution < -0.4 is 15.8 Å². The summed E-state index contributed by atoms with van der Waals surface area (Å²) in [5.41, 5.74) is 5.04. The molecule has 0 aromatic carbocycles. The summed E-state index contributed by atoms with van der Waals surface area (Å²) in [6.07, 6.45) is 3.49. The maximum atomic E-state index is 12.4. The van der Waals surface area contributed by atoms with E-state index in [1.807, 2.05) is 0 Å². The lowest BCUT2D eigenvalue weighted by Gasteiger charge is -2.16. The van der Waals surface area contributed by atoms with Gasteiger partial charge in [0.05, 0.1) is 12.1 Å². The Labute approximate surface area is 162 Å². The van der Waals surface area contributed by atoms with Crippen molar-refractivity contribution in [3.8, 4) is 5.88 Å². The smallest absolute Gasteiger partial charge is 0.417 e. The number of nitrogens with one attached hydrogen (secondary N) is 1. The van der Waals surface area contributed by atoms with Gasteiger partial charge in [-0.15, -0.1) is 24.0 Å². The van der Waals surface area contributed by atoms with Gasteiger partial charge in [-0.1, -0.05) is 25.7 Å². The van der Waals surface area contributed by atoms with Gasteiger partial charge in [0.2, 0.25) is 5.88 Å². The van der Waals surface area contributed by atoms with E-state index in [9.17, 15) is 13.2 Å². The first-order chi connectivity index (χ1) is 11.4. The van der Waals surface area contributed by atoms with Gasteiger partial charge in [-0.05, 0) is 18.9 Å². The van der Waals surface area contributed by atoms with Crippen molar-refractivity contribution in [2.75, 3.05) is 13.2 Å². The zero-order valence-corrected chi connectivity index (χ0v) is 16.2. The van der Waals surface area contributed by atoms with Crippen LogP contribution in [-0.4, -0.2) is 30.1 Å². The Hall–Kier alpha value is -1.26. The van der Waals surface area contributed by atoms with E-state index in [2.05, 4.69) is 15.3 Å². The summed E-state index contributed by atoms with van der Waals surface area (Å²) < 4.78 is 42.5. The predicted octanol–water partition coefficient (Wildman–Crippen LogP) is 3.72. The summed E-state index contributed by atoms with van der Waals surface area (Å²) >= 11 is 0. The van der Waals surface area contributed by atoms with Crippen LogP contribution in [-0.2, 0) is 6.18 Å². The van der Waals surface area contributed by atoms with E-state index < -0.39 is 11.7 Å². The highest BCUT2D eigenvalue weighted by Gasteiger charge is 2.30. The maximum absolute atomic E-state index is 12.4. The summed E-state index contributed by atoms with van der Waals surface area (Å²) in [6.45, 7) is 0.514. The number of aromatic nitrogens is 1. The number of pyridine rings is 1. The van der Waals surface area contributed by atoms with Crippen molar-refractivity contribution in [1.29, 1.82) is 0 Å². The second-order valence-corrected chi connectivity index (χ2v) is 5.83. The third-order valence-corrected chi connectivity index (χ3v) is 3.89. The SMILES string of the molecule is I.NC(=NCCOc1ccc(C(F)(F)F)cn1)NC1CCCCCC1. The van der Waals surface area contributed by atoms with Gasteiger partial charge in [0.1, 0.15) is 6.61 Å². The van der Waals surface area contributed by atoms with Gasteiger partial charge in [-0.3, -0.25) is 0 Å². The summed E-state index contributed by atoms with van der Waals surface area (Å²) in [6, 6.07) is 2.50. The third kappa shape index (κ3) is 8.10. The largest absolute Gasteiger partial charge is 0.476 e. The van der Waals surface area contributed by atoms with E-state index in [1.165, 1.54) is 31.7 Å². The number of halogens is 4. The molecule has 25 heavy (non-hydrogen) atoms. The van der Waals surface area contributed by atoms with Crippen molar-refractivity contribution in [3.05, 3.63) is 23.9 Å². The molecule has 0 saturated heterocycles. The van der Waals surface area contributed by atoms with Crippen molar-refractivity contribution < 1.29 is 17.9 Å². The van der Waals surface area contributed by atoms with Crippen molar-refractivity contribution in [1.82, 2.24) is 10.3 Å². The average molecular weight is 472 g/mol. The Bertz CT molecular complexity index is 529. The number of nitrogens with two attached hydrogens (primary N) is 1. The molecule has 0 unspecified atom stereocenters. The fourth-order valence-electron chi connectivity index (χ4n) is 2.63. The number of nitrogens with zero attached hydrogens (tertiary/aromatic N) is 2. The molecule has 1 aromatic heterocycles.